The first kappa shape index (κ1) is 14.8. The van der Waals surface area contributed by atoms with E-state index in [1.165, 1.54) is 38.2 Å². The van der Waals surface area contributed by atoms with E-state index in [1.54, 1.807) is 12.1 Å². The van der Waals surface area contributed by atoms with Gasteiger partial charge in [0.2, 0.25) is 0 Å². The summed E-state index contributed by atoms with van der Waals surface area (Å²) < 4.78 is 14.1. The number of nitrogens with one attached hydrogen (secondary N) is 1. The molecule has 1 aromatic rings. The molecule has 19 heavy (non-hydrogen) atoms. The van der Waals surface area contributed by atoms with Crippen molar-refractivity contribution in [2.45, 2.75) is 45.1 Å². The summed E-state index contributed by atoms with van der Waals surface area (Å²) in [6.45, 7) is 2.24. The second kappa shape index (κ2) is 6.71. The summed E-state index contributed by atoms with van der Waals surface area (Å²) in [5, 5.41) is 3.93. The minimum Gasteiger partial charge on any atom is -0.313 e. The fraction of sp³-hybridized carbons (Fsp3) is 0.625. The van der Waals surface area contributed by atoms with Crippen LogP contribution >= 0.6 is 11.6 Å². The molecule has 1 aliphatic rings. The van der Waals surface area contributed by atoms with E-state index in [0.717, 1.165) is 5.56 Å². The first-order chi connectivity index (χ1) is 9.17. The highest BCUT2D eigenvalue weighted by atomic mass is 35.5. The second-order valence-corrected chi connectivity index (χ2v) is 5.99. The fourth-order valence-electron chi connectivity index (χ4n) is 3.54. The predicted octanol–water partition coefficient (Wildman–Crippen LogP) is 4.96. The predicted molar refractivity (Wildman–Crippen MR) is 78.9 cm³/mol. The standard InChI is InChI=1S/C16H23ClFN/c1-3-11-6-4-5-7-13(11)16(19-2)14-10-12(17)8-9-15(14)18/h8-11,13,16,19H,3-7H2,1-2H3. The van der Waals surface area contributed by atoms with Gasteiger partial charge in [0.05, 0.1) is 0 Å². The highest BCUT2D eigenvalue weighted by Gasteiger charge is 2.32. The minimum absolute atomic E-state index is 0.0731. The number of hydrogen-bond acceptors (Lipinski definition) is 1. The van der Waals surface area contributed by atoms with E-state index in [2.05, 4.69) is 12.2 Å². The Kier molecular flexibility index (Phi) is 5.23. The Morgan fingerprint density at radius 2 is 2.11 bits per heavy atom. The Bertz CT molecular complexity index is 421. The summed E-state index contributed by atoms with van der Waals surface area (Å²) in [5.41, 5.74) is 0.723. The van der Waals surface area contributed by atoms with Gasteiger partial charge in [0.15, 0.2) is 0 Å². The molecule has 0 saturated heterocycles. The van der Waals surface area contributed by atoms with Gasteiger partial charge in [-0.15, -0.1) is 0 Å². The van der Waals surface area contributed by atoms with E-state index in [1.807, 2.05) is 7.05 Å². The summed E-state index contributed by atoms with van der Waals surface area (Å²) in [5.74, 6) is 1.05. The lowest BCUT2D eigenvalue weighted by atomic mass is 9.72. The summed E-state index contributed by atoms with van der Waals surface area (Å²) in [4.78, 5) is 0. The number of rotatable bonds is 4. The van der Waals surface area contributed by atoms with Crippen LogP contribution in [-0.2, 0) is 0 Å². The molecule has 1 saturated carbocycles. The van der Waals surface area contributed by atoms with Crippen LogP contribution in [0.5, 0.6) is 0 Å². The summed E-state index contributed by atoms with van der Waals surface area (Å²) in [6.07, 6.45) is 6.17. The van der Waals surface area contributed by atoms with Gasteiger partial charge in [-0.1, -0.05) is 44.2 Å². The van der Waals surface area contributed by atoms with Crippen LogP contribution in [0.4, 0.5) is 4.39 Å². The topological polar surface area (TPSA) is 12.0 Å². The molecule has 0 aromatic heterocycles. The SMILES string of the molecule is CCC1CCCCC1C(NC)c1cc(Cl)ccc1F. The zero-order valence-electron chi connectivity index (χ0n) is 11.8. The number of halogens is 2. The molecule has 1 nitrogen and oxygen atoms in total. The van der Waals surface area contributed by atoms with Gasteiger partial charge in [0.25, 0.3) is 0 Å². The molecule has 0 bridgehead atoms. The first-order valence-corrected chi connectivity index (χ1v) is 7.67. The van der Waals surface area contributed by atoms with Crippen molar-refractivity contribution in [3.8, 4) is 0 Å². The maximum absolute atomic E-state index is 14.1. The van der Waals surface area contributed by atoms with Gasteiger partial charge in [-0.2, -0.15) is 0 Å². The third kappa shape index (κ3) is 3.29. The van der Waals surface area contributed by atoms with Crippen LogP contribution in [0.2, 0.25) is 5.02 Å². The molecule has 0 amide bonds. The van der Waals surface area contributed by atoms with Gasteiger partial charge >= 0.3 is 0 Å². The number of hydrogen-bond donors (Lipinski definition) is 1. The van der Waals surface area contributed by atoms with Crippen LogP contribution in [-0.4, -0.2) is 7.05 Å². The molecular weight excluding hydrogens is 261 g/mol. The first-order valence-electron chi connectivity index (χ1n) is 7.29. The van der Waals surface area contributed by atoms with Crippen molar-refractivity contribution in [2.75, 3.05) is 7.05 Å². The Balaban J connectivity index is 2.29. The molecule has 106 valence electrons. The average Bonchev–Trinajstić information content (AvgIpc) is 2.44. The smallest absolute Gasteiger partial charge is 0.128 e. The molecule has 1 aliphatic carbocycles. The normalized spacial score (nSPS) is 25.3. The number of benzene rings is 1. The average molecular weight is 284 g/mol. The Morgan fingerprint density at radius 3 is 2.79 bits per heavy atom. The lowest BCUT2D eigenvalue weighted by Gasteiger charge is -2.37. The van der Waals surface area contributed by atoms with Gasteiger partial charge in [0, 0.05) is 16.6 Å². The van der Waals surface area contributed by atoms with Gasteiger partial charge in [-0.25, -0.2) is 4.39 Å². The molecular formula is C16H23ClFN. The summed E-state index contributed by atoms with van der Waals surface area (Å²) in [7, 11) is 1.92. The molecule has 3 heteroatoms. The van der Waals surface area contributed by atoms with E-state index >= 15 is 0 Å². The van der Waals surface area contributed by atoms with Gasteiger partial charge in [0.1, 0.15) is 5.82 Å². The van der Waals surface area contributed by atoms with Crippen LogP contribution in [0.25, 0.3) is 0 Å². The van der Waals surface area contributed by atoms with Crippen molar-refractivity contribution in [3.63, 3.8) is 0 Å². The Labute approximate surface area is 120 Å². The zero-order chi connectivity index (χ0) is 13.8. The third-order valence-corrected chi connectivity index (χ3v) is 4.76. The minimum atomic E-state index is -0.149. The molecule has 2 rings (SSSR count). The van der Waals surface area contributed by atoms with E-state index < -0.39 is 0 Å². The van der Waals surface area contributed by atoms with E-state index in [0.29, 0.717) is 16.9 Å². The monoisotopic (exact) mass is 283 g/mol. The summed E-state index contributed by atoms with van der Waals surface area (Å²) in [6, 6.07) is 4.94. The maximum atomic E-state index is 14.1. The molecule has 0 radical (unpaired) electrons. The van der Waals surface area contributed by atoms with E-state index in [9.17, 15) is 4.39 Å². The van der Waals surface area contributed by atoms with Crippen LogP contribution in [0.15, 0.2) is 18.2 Å². The van der Waals surface area contributed by atoms with Gasteiger partial charge < -0.3 is 5.32 Å². The molecule has 1 aromatic carbocycles. The van der Waals surface area contributed by atoms with Gasteiger partial charge in [-0.05, 0) is 43.5 Å². The molecule has 3 atom stereocenters. The van der Waals surface area contributed by atoms with Crippen molar-refractivity contribution in [1.29, 1.82) is 0 Å². The molecule has 3 unspecified atom stereocenters. The fourth-order valence-corrected chi connectivity index (χ4v) is 3.72. The van der Waals surface area contributed by atoms with Crippen molar-refractivity contribution in [3.05, 3.63) is 34.6 Å². The third-order valence-electron chi connectivity index (χ3n) is 4.52. The quantitative estimate of drug-likeness (QED) is 0.824. The molecule has 0 aliphatic heterocycles. The molecule has 1 N–H and O–H groups in total. The summed E-state index contributed by atoms with van der Waals surface area (Å²) >= 11 is 6.03. The van der Waals surface area contributed by atoms with Crippen LogP contribution in [0.1, 0.15) is 50.6 Å². The molecule has 0 spiro atoms. The molecule has 0 heterocycles. The maximum Gasteiger partial charge on any atom is 0.128 e. The van der Waals surface area contributed by atoms with Crippen molar-refractivity contribution in [2.24, 2.45) is 11.8 Å². The lowest BCUT2D eigenvalue weighted by molar-refractivity contribution is 0.178. The lowest BCUT2D eigenvalue weighted by Crippen LogP contribution is -2.33. The van der Waals surface area contributed by atoms with Crippen LogP contribution < -0.4 is 5.32 Å². The largest absolute Gasteiger partial charge is 0.313 e. The van der Waals surface area contributed by atoms with Gasteiger partial charge in [-0.3, -0.25) is 0 Å². The highest BCUT2D eigenvalue weighted by Crippen LogP contribution is 2.41. The van der Waals surface area contributed by atoms with E-state index in [-0.39, 0.29) is 11.9 Å². The zero-order valence-corrected chi connectivity index (χ0v) is 12.5. The van der Waals surface area contributed by atoms with Crippen molar-refractivity contribution >= 4 is 11.6 Å². The molecule has 1 fully saturated rings. The van der Waals surface area contributed by atoms with Crippen molar-refractivity contribution in [1.82, 2.24) is 5.32 Å². The van der Waals surface area contributed by atoms with Crippen LogP contribution in [0.3, 0.4) is 0 Å². The van der Waals surface area contributed by atoms with E-state index in [4.69, 9.17) is 11.6 Å². The Hall–Kier alpha value is -0.600. The van der Waals surface area contributed by atoms with Crippen LogP contribution in [0, 0.1) is 17.7 Å². The van der Waals surface area contributed by atoms with Crippen molar-refractivity contribution < 1.29 is 4.39 Å². The second-order valence-electron chi connectivity index (χ2n) is 5.55. The highest BCUT2D eigenvalue weighted by molar-refractivity contribution is 6.30. The Morgan fingerprint density at radius 1 is 1.37 bits per heavy atom.